The number of carboxylic acid groups (broad SMARTS) is 1. The lowest BCUT2D eigenvalue weighted by molar-refractivity contribution is -0.147. The molecule has 4 aromatic rings. The first-order chi connectivity index (χ1) is 19.9. The van der Waals surface area contributed by atoms with E-state index in [0.717, 1.165) is 18.3 Å². The Labute approximate surface area is 258 Å². The lowest BCUT2D eigenvalue weighted by atomic mass is 9.90. The zero-order chi connectivity index (χ0) is 31.9. The third-order valence-corrected chi connectivity index (χ3v) is 10.2. The molecule has 8 nitrogen and oxygen atoms in total. The predicted octanol–water partition coefficient (Wildman–Crippen LogP) is 7.08. The molecule has 0 saturated heterocycles. The minimum atomic E-state index is -4.68. The molecule has 0 aliphatic carbocycles. The van der Waals surface area contributed by atoms with Gasteiger partial charge in [0.15, 0.2) is 5.01 Å². The molecule has 2 heterocycles. The molecular weight excluding hydrogens is 655 g/mol. The van der Waals surface area contributed by atoms with E-state index in [1.165, 1.54) is 38.1 Å². The standard InChI is InChI=1S/C27H24Cl2F4N4O4S2/c1-13(27(31,32)33)37-43(4,40)18-10-9-16(20(28)21(18)29)22-17(11-14-5-7-15(30)8-6-14)34-24(42-22)23-36-35-19(41-23)12-26(2,3)25(38)39/h5-10,13H,4,11-12H2,1-3H3,(H,37,40)(H,38,39)/t13-,43?/m0/s1. The normalized spacial score (nSPS) is 14.4. The number of aromatic nitrogens is 3. The van der Waals surface area contributed by atoms with E-state index in [1.807, 2.05) is 4.72 Å². The van der Waals surface area contributed by atoms with Crippen molar-refractivity contribution >= 4 is 56.1 Å². The third kappa shape index (κ3) is 7.37. The maximum absolute atomic E-state index is 13.5. The van der Waals surface area contributed by atoms with Gasteiger partial charge in [-0.1, -0.05) is 41.4 Å². The van der Waals surface area contributed by atoms with Crippen LogP contribution in [0.4, 0.5) is 17.6 Å². The Morgan fingerprint density at radius 1 is 1.14 bits per heavy atom. The number of nitrogens with one attached hydrogen (secondary N) is 1. The summed E-state index contributed by atoms with van der Waals surface area (Å²) in [6.07, 6.45) is -4.52. The average molecular weight is 680 g/mol. The van der Waals surface area contributed by atoms with Gasteiger partial charge >= 0.3 is 12.1 Å². The zero-order valence-electron chi connectivity index (χ0n) is 22.8. The number of hydrogen-bond acceptors (Lipinski definition) is 7. The quantitative estimate of drug-likeness (QED) is 0.136. The van der Waals surface area contributed by atoms with Gasteiger partial charge in [-0.2, -0.15) is 13.2 Å². The Morgan fingerprint density at radius 2 is 1.79 bits per heavy atom. The van der Waals surface area contributed by atoms with Crippen LogP contribution in [-0.2, 0) is 27.3 Å². The second-order valence-electron chi connectivity index (χ2n) is 10.3. The van der Waals surface area contributed by atoms with Gasteiger partial charge in [0.2, 0.25) is 5.89 Å². The van der Waals surface area contributed by atoms with Gasteiger partial charge in [-0.15, -0.1) is 21.5 Å². The predicted molar refractivity (Wildman–Crippen MR) is 157 cm³/mol. The SMILES string of the molecule is C=S(=O)(N[C@@H](C)C(F)(F)F)c1ccc(-c2sc(-c3nnc(CC(C)(C)C(=O)O)o3)nc2Cc2ccc(F)cc2)c(Cl)c1Cl. The molecule has 16 heteroatoms. The van der Waals surface area contributed by atoms with Gasteiger partial charge in [0.05, 0.1) is 40.6 Å². The molecule has 0 spiro atoms. The average Bonchev–Trinajstić information content (AvgIpc) is 3.52. The number of rotatable bonds is 10. The van der Waals surface area contributed by atoms with Crippen LogP contribution >= 0.6 is 34.5 Å². The summed E-state index contributed by atoms with van der Waals surface area (Å²) in [5.74, 6) is 2.04. The van der Waals surface area contributed by atoms with Crippen LogP contribution in [0.1, 0.15) is 37.9 Å². The number of hydrogen-bond donors (Lipinski definition) is 2. The summed E-state index contributed by atoms with van der Waals surface area (Å²) < 4.78 is 73.8. The number of benzene rings is 2. The summed E-state index contributed by atoms with van der Waals surface area (Å²) in [5.41, 5.74) is 0.292. The fourth-order valence-corrected chi connectivity index (χ4v) is 7.27. The molecule has 0 aliphatic heterocycles. The minimum absolute atomic E-state index is 0.0118. The van der Waals surface area contributed by atoms with Crippen LogP contribution < -0.4 is 4.72 Å². The van der Waals surface area contributed by atoms with E-state index in [-0.39, 0.29) is 44.6 Å². The molecule has 0 saturated carbocycles. The molecule has 0 aliphatic rings. The van der Waals surface area contributed by atoms with Crippen molar-refractivity contribution in [1.29, 1.82) is 0 Å². The monoisotopic (exact) mass is 678 g/mol. The molecule has 0 bridgehead atoms. The van der Waals surface area contributed by atoms with Crippen LogP contribution in [0.5, 0.6) is 0 Å². The summed E-state index contributed by atoms with van der Waals surface area (Å²) in [5, 5.41) is 17.3. The molecule has 1 unspecified atom stereocenters. The molecular formula is C27H24Cl2F4N4O4S2. The number of aliphatic carboxylic acids is 1. The Balaban J connectivity index is 1.77. The largest absolute Gasteiger partial charge is 0.481 e. The lowest BCUT2D eigenvalue weighted by Gasteiger charge is -2.21. The highest BCUT2D eigenvalue weighted by molar-refractivity contribution is 7.98. The summed E-state index contributed by atoms with van der Waals surface area (Å²) in [7, 11) is -3.72. The Bertz CT molecular complexity index is 1770. The van der Waals surface area contributed by atoms with Crippen molar-refractivity contribution in [2.45, 2.75) is 50.7 Å². The molecule has 2 aromatic carbocycles. The second-order valence-corrected chi connectivity index (χ2v) is 14.0. The fraction of sp³-hybridized carbons (Fsp3) is 0.296. The van der Waals surface area contributed by atoms with E-state index in [9.17, 15) is 31.7 Å². The third-order valence-electron chi connectivity index (χ3n) is 6.31. The minimum Gasteiger partial charge on any atom is -0.481 e. The molecule has 2 aromatic heterocycles. The van der Waals surface area contributed by atoms with Gasteiger partial charge in [0.25, 0.3) is 5.89 Å². The number of carbonyl (C=O) groups is 1. The van der Waals surface area contributed by atoms with Crippen molar-refractivity contribution in [3.8, 4) is 21.3 Å². The van der Waals surface area contributed by atoms with Crippen molar-refractivity contribution in [2.75, 3.05) is 0 Å². The summed E-state index contributed by atoms with van der Waals surface area (Å²) in [6.45, 7) is 3.83. The van der Waals surface area contributed by atoms with E-state index < -0.39 is 39.1 Å². The van der Waals surface area contributed by atoms with Crippen molar-refractivity contribution in [1.82, 2.24) is 19.9 Å². The van der Waals surface area contributed by atoms with Gasteiger partial charge in [-0.25, -0.2) is 18.3 Å². The smallest absolute Gasteiger partial charge is 0.404 e. The van der Waals surface area contributed by atoms with E-state index in [4.69, 9.17) is 27.6 Å². The number of thiazole rings is 1. The Hall–Kier alpha value is -3.04. The number of carboxylic acids is 1. The molecule has 2 atom stereocenters. The first-order valence-corrected chi connectivity index (χ1v) is 15.7. The zero-order valence-corrected chi connectivity index (χ0v) is 25.9. The molecule has 2 N–H and O–H groups in total. The van der Waals surface area contributed by atoms with Crippen molar-refractivity contribution in [3.63, 3.8) is 0 Å². The van der Waals surface area contributed by atoms with Gasteiger partial charge in [-0.3, -0.25) is 4.79 Å². The first kappa shape index (κ1) is 32.9. The van der Waals surface area contributed by atoms with Crippen LogP contribution in [-0.4, -0.2) is 48.6 Å². The number of alkyl halides is 3. The van der Waals surface area contributed by atoms with Gasteiger partial charge < -0.3 is 9.52 Å². The maximum atomic E-state index is 13.5. The van der Waals surface area contributed by atoms with Gasteiger partial charge in [0.1, 0.15) is 11.9 Å². The van der Waals surface area contributed by atoms with Gasteiger partial charge in [0, 0.05) is 18.4 Å². The van der Waals surface area contributed by atoms with Crippen LogP contribution in [0.2, 0.25) is 10.0 Å². The van der Waals surface area contributed by atoms with Gasteiger partial charge in [-0.05, 0) is 50.4 Å². The molecule has 0 amide bonds. The summed E-state index contributed by atoms with van der Waals surface area (Å²) >= 11 is 14.1. The first-order valence-electron chi connectivity index (χ1n) is 12.4. The van der Waals surface area contributed by atoms with Crippen molar-refractivity contribution in [2.24, 2.45) is 5.41 Å². The number of nitrogens with zero attached hydrogens (tertiary/aromatic N) is 3. The van der Waals surface area contributed by atoms with E-state index in [2.05, 4.69) is 21.1 Å². The highest BCUT2D eigenvalue weighted by atomic mass is 35.5. The Kier molecular flexibility index (Phi) is 9.29. The molecule has 0 radical (unpaired) electrons. The lowest BCUT2D eigenvalue weighted by Crippen LogP contribution is -2.42. The fourth-order valence-electron chi connectivity index (χ4n) is 3.81. The highest BCUT2D eigenvalue weighted by Gasteiger charge is 2.38. The summed E-state index contributed by atoms with van der Waals surface area (Å²) in [4.78, 5) is 16.4. The topological polar surface area (TPSA) is 118 Å². The van der Waals surface area contributed by atoms with Crippen LogP contribution in [0.15, 0.2) is 45.7 Å². The van der Waals surface area contributed by atoms with E-state index >= 15 is 0 Å². The van der Waals surface area contributed by atoms with Crippen LogP contribution in [0, 0.1) is 11.2 Å². The highest BCUT2D eigenvalue weighted by Crippen LogP contribution is 2.44. The molecule has 0 fully saturated rings. The van der Waals surface area contributed by atoms with Crippen molar-refractivity contribution < 1.29 is 36.1 Å². The Morgan fingerprint density at radius 3 is 2.40 bits per heavy atom. The van der Waals surface area contributed by atoms with Crippen LogP contribution in [0.3, 0.4) is 0 Å². The molecule has 43 heavy (non-hydrogen) atoms. The molecule has 230 valence electrons. The molecule has 4 rings (SSSR count). The number of halogens is 6. The van der Waals surface area contributed by atoms with E-state index in [0.29, 0.717) is 21.7 Å². The second kappa shape index (κ2) is 12.2. The maximum Gasteiger partial charge on any atom is 0.404 e. The van der Waals surface area contributed by atoms with Crippen LogP contribution in [0.25, 0.3) is 21.3 Å². The van der Waals surface area contributed by atoms with Crippen molar-refractivity contribution in [3.05, 3.63) is 69.4 Å². The summed E-state index contributed by atoms with van der Waals surface area (Å²) in [6, 6.07) is 6.28. The van der Waals surface area contributed by atoms with E-state index in [1.54, 1.807) is 12.1 Å².